The molecule has 108 valence electrons. The van der Waals surface area contributed by atoms with Gasteiger partial charge in [-0.1, -0.05) is 13.5 Å². The first-order valence-corrected chi connectivity index (χ1v) is 5.68. The Morgan fingerprint density at radius 1 is 1.22 bits per heavy atom. The average Bonchev–Trinajstić information content (AvgIpc) is 3.21. The van der Waals surface area contributed by atoms with Crippen LogP contribution in [0.4, 0.5) is 0 Å². The molecule has 0 saturated carbocycles. The van der Waals surface area contributed by atoms with Crippen molar-refractivity contribution in [3.05, 3.63) is 12.2 Å². The van der Waals surface area contributed by atoms with Crippen molar-refractivity contribution in [3.8, 4) is 0 Å². The Balaban J connectivity index is 0. The maximum atomic E-state index is 9.60. The van der Waals surface area contributed by atoms with Crippen LogP contribution in [-0.2, 0) is 9.53 Å². The molecule has 0 amide bonds. The summed E-state index contributed by atoms with van der Waals surface area (Å²) < 4.78 is 4.50. The average molecular weight is 264 g/mol. The lowest BCUT2D eigenvalue weighted by molar-refractivity contribution is -0.132. The number of rotatable bonds is 5. The van der Waals surface area contributed by atoms with Crippen molar-refractivity contribution < 1.29 is 30.0 Å². The molecular weight excluding hydrogens is 240 g/mol. The Labute approximate surface area is 108 Å². The smallest absolute Gasteiger partial charge is 0.330 e. The first-order chi connectivity index (χ1) is 8.39. The second-order valence-corrected chi connectivity index (χ2v) is 4.03. The number of hydrogen-bond donors (Lipinski definition) is 4. The van der Waals surface area contributed by atoms with Crippen LogP contribution in [-0.4, -0.2) is 59.4 Å². The van der Waals surface area contributed by atoms with E-state index in [1.165, 1.54) is 6.92 Å². The van der Waals surface area contributed by atoms with Crippen molar-refractivity contribution in [1.29, 1.82) is 0 Å². The van der Waals surface area contributed by atoms with E-state index in [0.29, 0.717) is 6.42 Å². The molecule has 1 aliphatic rings. The summed E-state index contributed by atoms with van der Waals surface area (Å²) in [6, 6.07) is 0. The number of carbonyl (C=O) groups is 1. The van der Waals surface area contributed by atoms with Crippen LogP contribution in [0.5, 0.6) is 0 Å². The van der Waals surface area contributed by atoms with Gasteiger partial charge in [0.15, 0.2) is 0 Å². The minimum atomic E-state index is -0.935. The predicted octanol–water partition coefficient (Wildman–Crippen LogP) is 0.0234. The Hall–Kier alpha value is -0.950. The van der Waals surface area contributed by atoms with Gasteiger partial charge >= 0.3 is 5.97 Å². The first-order valence-electron chi connectivity index (χ1n) is 5.68. The Morgan fingerprint density at radius 2 is 1.50 bits per heavy atom. The van der Waals surface area contributed by atoms with Crippen LogP contribution in [0.2, 0.25) is 0 Å². The minimum Gasteiger partial charge on any atom is -0.478 e. The van der Waals surface area contributed by atoms with Gasteiger partial charge in [-0.2, -0.15) is 0 Å². The zero-order chi connectivity index (χ0) is 14.6. The van der Waals surface area contributed by atoms with Gasteiger partial charge in [-0.3, -0.25) is 0 Å². The van der Waals surface area contributed by atoms with E-state index in [1.807, 2.05) is 6.92 Å². The van der Waals surface area contributed by atoms with Crippen molar-refractivity contribution in [2.75, 3.05) is 33.0 Å². The molecule has 18 heavy (non-hydrogen) atoms. The summed E-state index contributed by atoms with van der Waals surface area (Å²) in [5.74, 6) is -0.935. The second-order valence-electron chi connectivity index (χ2n) is 4.03. The third kappa shape index (κ3) is 11.5. The van der Waals surface area contributed by atoms with E-state index in [-0.39, 0.29) is 25.4 Å². The summed E-state index contributed by atoms with van der Waals surface area (Å²) in [7, 11) is 0. The summed E-state index contributed by atoms with van der Waals surface area (Å²) in [5, 5.41) is 33.9. The number of epoxide rings is 1. The largest absolute Gasteiger partial charge is 0.478 e. The molecule has 0 spiro atoms. The second kappa shape index (κ2) is 11.2. The van der Waals surface area contributed by atoms with E-state index in [9.17, 15) is 4.79 Å². The topological polar surface area (TPSA) is 111 Å². The fourth-order valence-electron chi connectivity index (χ4n) is 0.485. The van der Waals surface area contributed by atoms with Crippen LogP contribution in [0.3, 0.4) is 0 Å². The van der Waals surface area contributed by atoms with Crippen molar-refractivity contribution in [3.63, 3.8) is 0 Å². The van der Waals surface area contributed by atoms with Crippen molar-refractivity contribution in [2.24, 2.45) is 5.41 Å². The molecule has 1 heterocycles. The Bertz CT molecular complexity index is 200. The maximum absolute atomic E-state index is 9.60. The monoisotopic (exact) mass is 264 g/mol. The van der Waals surface area contributed by atoms with Crippen LogP contribution in [0.1, 0.15) is 20.3 Å². The predicted molar refractivity (Wildman–Crippen MR) is 67.3 cm³/mol. The molecule has 0 atom stereocenters. The van der Waals surface area contributed by atoms with Gasteiger partial charge in [0.25, 0.3) is 0 Å². The number of hydrogen-bond acceptors (Lipinski definition) is 5. The molecule has 0 unspecified atom stereocenters. The zero-order valence-electron chi connectivity index (χ0n) is 11.1. The van der Waals surface area contributed by atoms with Crippen LogP contribution >= 0.6 is 0 Å². The zero-order valence-corrected chi connectivity index (χ0v) is 11.1. The highest BCUT2D eigenvalue weighted by Crippen LogP contribution is 2.18. The molecule has 0 aromatic carbocycles. The summed E-state index contributed by atoms with van der Waals surface area (Å²) in [6.45, 7) is 7.96. The summed E-state index contributed by atoms with van der Waals surface area (Å²) in [6.07, 6.45) is 0.594. The van der Waals surface area contributed by atoms with Crippen LogP contribution < -0.4 is 0 Å². The number of carboxylic acids is 1. The van der Waals surface area contributed by atoms with Gasteiger partial charge in [0, 0.05) is 11.0 Å². The van der Waals surface area contributed by atoms with Gasteiger partial charge in [-0.25, -0.2) is 4.79 Å². The van der Waals surface area contributed by atoms with Crippen LogP contribution in [0, 0.1) is 5.41 Å². The highest BCUT2D eigenvalue weighted by Gasteiger charge is 2.24. The maximum Gasteiger partial charge on any atom is 0.330 e. The molecule has 4 N–H and O–H groups in total. The van der Waals surface area contributed by atoms with Crippen LogP contribution in [0.25, 0.3) is 0 Å². The van der Waals surface area contributed by atoms with E-state index < -0.39 is 11.4 Å². The third-order valence-electron chi connectivity index (χ3n) is 2.33. The van der Waals surface area contributed by atoms with Gasteiger partial charge in [-0.15, -0.1) is 0 Å². The summed E-state index contributed by atoms with van der Waals surface area (Å²) in [4.78, 5) is 9.60. The molecule has 1 fully saturated rings. The van der Waals surface area contributed by atoms with Gasteiger partial charge in [0.2, 0.25) is 0 Å². The standard InChI is InChI=1S/C6H14O3.C4H6O2.C2H4O/c1-2-6(3-7,4-8)5-9;1-3(2)4(5)6;1-2-3-1/h7-9H,2-5H2,1H3;1H2,2H3,(H,5,6);1-2H2. The Morgan fingerprint density at radius 3 is 1.50 bits per heavy atom. The summed E-state index contributed by atoms with van der Waals surface area (Å²) >= 11 is 0. The SMILES string of the molecule is C1CO1.C=C(C)C(=O)O.CCC(CO)(CO)CO. The van der Waals surface area contributed by atoms with Gasteiger partial charge in [0.1, 0.15) is 0 Å². The van der Waals surface area contributed by atoms with Gasteiger partial charge in [0.05, 0.1) is 33.0 Å². The lowest BCUT2D eigenvalue weighted by atomic mass is 9.88. The highest BCUT2D eigenvalue weighted by atomic mass is 16.6. The van der Waals surface area contributed by atoms with Gasteiger partial charge < -0.3 is 25.2 Å². The Kier molecular flexibility index (Phi) is 12.0. The number of aliphatic hydroxyl groups excluding tert-OH is 3. The molecular formula is C12H24O6. The van der Waals surface area contributed by atoms with E-state index in [4.69, 9.17) is 20.4 Å². The molecule has 0 bridgehead atoms. The number of ether oxygens (including phenoxy) is 1. The number of aliphatic hydroxyl groups is 3. The van der Waals surface area contributed by atoms with E-state index in [2.05, 4.69) is 11.3 Å². The number of carboxylic acid groups (broad SMARTS) is 1. The molecule has 0 aromatic rings. The van der Waals surface area contributed by atoms with Gasteiger partial charge in [-0.05, 0) is 13.3 Å². The molecule has 1 aliphatic heterocycles. The molecule has 0 aromatic heterocycles. The van der Waals surface area contributed by atoms with E-state index in [1.54, 1.807) is 0 Å². The molecule has 0 aliphatic carbocycles. The lowest BCUT2D eigenvalue weighted by Crippen LogP contribution is -2.32. The van der Waals surface area contributed by atoms with Crippen molar-refractivity contribution >= 4 is 5.97 Å². The molecule has 1 rings (SSSR count). The van der Waals surface area contributed by atoms with Crippen molar-refractivity contribution in [2.45, 2.75) is 20.3 Å². The fourth-order valence-corrected chi connectivity index (χ4v) is 0.485. The highest BCUT2D eigenvalue weighted by molar-refractivity contribution is 5.84. The third-order valence-corrected chi connectivity index (χ3v) is 2.33. The summed E-state index contributed by atoms with van der Waals surface area (Å²) in [5.41, 5.74) is -0.491. The molecule has 1 saturated heterocycles. The molecule has 0 radical (unpaired) electrons. The van der Waals surface area contributed by atoms with E-state index in [0.717, 1.165) is 13.2 Å². The molecule has 6 heteroatoms. The quantitative estimate of drug-likeness (QED) is 0.411. The first kappa shape index (κ1) is 19.4. The lowest BCUT2D eigenvalue weighted by Gasteiger charge is -2.24. The van der Waals surface area contributed by atoms with E-state index >= 15 is 0 Å². The molecule has 6 nitrogen and oxygen atoms in total. The minimum absolute atomic E-state index is 0.156. The number of aliphatic carboxylic acids is 1. The normalized spacial score (nSPS) is 12.5. The fraction of sp³-hybridized carbons (Fsp3) is 0.750. The van der Waals surface area contributed by atoms with Crippen molar-refractivity contribution in [1.82, 2.24) is 0 Å². The van der Waals surface area contributed by atoms with Crippen LogP contribution in [0.15, 0.2) is 12.2 Å².